The first-order chi connectivity index (χ1) is 11.0. The fourth-order valence-electron chi connectivity index (χ4n) is 2.35. The van der Waals surface area contributed by atoms with Crippen molar-refractivity contribution in [3.8, 4) is 0 Å². The fourth-order valence-corrected chi connectivity index (χ4v) is 2.35. The van der Waals surface area contributed by atoms with Gasteiger partial charge in [0.25, 0.3) is 0 Å². The van der Waals surface area contributed by atoms with Crippen molar-refractivity contribution >= 4 is 11.8 Å². The maximum absolute atomic E-state index is 4.64. The molecule has 23 heavy (non-hydrogen) atoms. The Labute approximate surface area is 139 Å². The smallest absolute Gasteiger partial charge is 0.227 e. The first-order valence-electron chi connectivity index (χ1n) is 8.04. The number of hydrogen-bond donors (Lipinski definition) is 1. The molecule has 1 N–H and O–H groups in total. The lowest BCUT2D eigenvalue weighted by molar-refractivity contribution is 0.405. The minimum Gasteiger partial charge on any atom is -0.370 e. The van der Waals surface area contributed by atoms with Crippen LogP contribution in [0, 0.1) is 6.92 Å². The van der Waals surface area contributed by atoms with Crippen molar-refractivity contribution in [1.29, 1.82) is 0 Å². The summed E-state index contributed by atoms with van der Waals surface area (Å²) in [5, 5.41) is 3.40. The molecule has 0 fully saturated rings. The number of aryl methyl sites for hydroxylation is 1. The average molecular weight is 313 g/mol. The van der Waals surface area contributed by atoms with E-state index in [1.807, 2.05) is 26.1 Å². The number of rotatable bonds is 8. The summed E-state index contributed by atoms with van der Waals surface area (Å²) in [7, 11) is 6.20. The molecule has 0 radical (unpaired) electrons. The van der Waals surface area contributed by atoms with Crippen LogP contribution in [0.2, 0.25) is 0 Å². The van der Waals surface area contributed by atoms with Gasteiger partial charge in [0.2, 0.25) is 5.95 Å². The standard InChI is InChI=1S/C18H27N5/c1-15-13-17(19-11-8-12-22(2)3)21-18(20-15)23(4)14-16-9-6-5-7-10-16/h5-7,9-10,13H,8,11-12,14H2,1-4H3,(H,19,20,21). The monoisotopic (exact) mass is 313 g/mol. The molecule has 0 aliphatic heterocycles. The molecule has 0 aliphatic carbocycles. The molecule has 1 heterocycles. The van der Waals surface area contributed by atoms with E-state index < -0.39 is 0 Å². The molecule has 124 valence electrons. The van der Waals surface area contributed by atoms with E-state index in [-0.39, 0.29) is 0 Å². The van der Waals surface area contributed by atoms with Gasteiger partial charge in [-0.1, -0.05) is 30.3 Å². The lowest BCUT2D eigenvalue weighted by atomic mass is 10.2. The second-order valence-corrected chi connectivity index (χ2v) is 6.12. The SMILES string of the molecule is Cc1cc(NCCCN(C)C)nc(N(C)Cc2ccccc2)n1. The Morgan fingerprint density at radius 1 is 1.04 bits per heavy atom. The van der Waals surface area contributed by atoms with Crippen LogP contribution in [0.5, 0.6) is 0 Å². The van der Waals surface area contributed by atoms with Crippen molar-refractivity contribution < 1.29 is 0 Å². The molecule has 0 atom stereocenters. The Hall–Kier alpha value is -2.14. The van der Waals surface area contributed by atoms with Gasteiger partial charge in [-0.05, 0) is 39.5 Å². The maximum Gasteiger partial charge on any atom is 0.227 e. The summed E-state index contributed by atoms with van der Waals surface area (Å²) in [4.78, 5) is 13.5. The number of aromatic nitrogens is 2. The summed E-state index contributed by atoms with van der Waals surface area (Å²) in [5.41, 5.74) is 2.23. The topological polar surface area (TPSA) is 44.3 Å². The van der Waals surface area contributed by atoms with Gasteiger partial charge in [-0.3, -0.25) is 0 Å². The highest BCUT2D eigenvalue weighted by molar-refractivity contribution is 5.43. The van der Waals surface area contributed by atoms with E-state index in [1.165, 1.54) is 5.56 Å². The predicted octanol–water partition coefficient (Wildman–Crippen LogP) is 2.79. The molecular formula is C18H27N5. The van der Waals surface area contributed by atoms with E-state index in [9.17, 15) is 0 Å². The zero-order valence-corrected chi connectivity index (χ0v) is 14.6. The molecule has 0 saturated heterocycles. The van der Waals surface area contributed by atoms with Gasteiger partial charge < -0.3 is 15.1 Å². The molecule has 1 aromatic heterocycles. The Bertz CT molecular complexity index is 598. The van der Waals surface area contributed by atoms with Gasteiger partial charge in [-0.25, -0.2) is 4.98 Å². The first-order valence-corrected chi connectivity index (χ1v) is 8.04. The number of nitrogens with zero attached hydrogens (tertiary/aromatic N) is 4. The van der Waals surface area contributed by atoms with Gasteiger partial charge in [0, 0.05) is 31.9 Å². The third-order valence-corrected chi connectivity index (χ3v) is 3.53. The first kappa shape index (κ1) is 17.2. The summed E-state index contributed by atoms with van der Waals surface area (Å²) >= 11 is 0. The van der Waals surface area contributed by atoms with E-state index >= 15 is 0 Å². The van der Waals surface area contributed by atoms with Crippen molar-refractivity contribution in [2.75, 3.05) is 44.4 Å². The highest BCUT2D eigenvalue weighted by Crippen LogP contribution is 2.15. The highest BCUT2D eigenvalue weighted by Gasteiger charge is 2.08. The minimum atomic E-state index is 0.754. The fraction of sp³-hybridized carbons (Fsp3) is 0.444. The van der Waals surface area contributed by atoms with Gasteiger partial charge in [-0.15, -0.1) is 0 Å². The summed E-state index contributed by atoms with van der Waals surface area (Å²) in [6, 6.07) is 12.4. The quantitative estimate of drug-likeness (QED) is 0.759. The summed E-state index contributed by atoms with van der Waals surface area (Å²) in [6.45, 7) is 4.78. The largest absolute Gasteiger partial charge is 0.370 e. The molecule has 0 aliphatic rings. The zero-order valence-electron chi connectivity index (χ0n) is 14.6. The van der Waals surface area contributed by atoms with Crippen LogP contribution < -0.4 is 10.2 Å². The molecule has 0 amide bonds. The van der Waals surface area contributed by atoms with Crippen LogP contribution in [0.15, 0.2) is 36.4 Å². The summed E-state index contributed by atoms with van der Waals surface area (Å²) in [6.07, 6.45) is 1.09. The molecule has 0 bridgehead atoms. The lowest BCUT2D eigenvalue weighted by Gasteiger charge is -2.19. The third-order valence-electron chi connectivity index (χ3n) is 3.53. The number of benzene rings is 1. The van der Waals surface area contributed by atoms with E-state index in [2.05, 4.69) is 63.4 Å². The summed E-state index contributed by atoms with van der Waals surface area (Å²) in [5.74, 6) is 1.65. The van der Waals surface area contributed by atoms with Crippen LogP contribution >= 0.6 is 0 Å². The van der Waals surface area contributed by atoms with Gasteiger partial charge in [-0.2, -0.15) is 4.98 Å². The molecule has 0 unspecified atom stereocenters. The van der Waals surface area contributed by atoms with Crippen molar-refractivity contribution in [2.24, 2.45) is 0 Å². The van der Waals surface area contributed by atoms with Crippen LogP contribution in [0.3, 0.4) is 0 Å². The molecule has 2 aromatic rings. The van der Waals surface area contributed by atoms with Crippen LogP contribution in [-0.4, -0.2) is 49.1 Å². The van der Waals surface area contributed by atoms with Crippen LogP contribution in [-0.2, 0) is 6.54 Å². The molecular weight excluding hydrogens is 286 g/mol. The Morgan fingerprint density at radius 3 is 2.48 bits per heavy atom. The third kappa shape index (κ3) is 5.87. The van der Waals surface area contributed by atoms with Crippen LogP contribution in [0.4, 0.5) is 11.8 Å². The molecule has 0 spiro atoms. The van der Waals surface area contributed by atoms with E-state index in [0.717, 1.165) is 43.5 Å². The van der Waals surface area contributed by atoms with Crippen molar-refractivity contribution in [3.05, 3.63) is 47.7 Å². The van der Waals surface area contributed by atoms with Crippen molar-refractivity contribution in [1.82, 2.24) is 14.9 Å². The molecule has 1 aromatic carbocycles. The predicted molar refractivity (Wildman–Crippen MR) is 97.0 cm³/mol. The second-order valence-electron chi connectivity index (χ2n) is 6.12. The number of hydrogen-bond acceptors (Lipinski definition) is 5. The van der Waals surface area contributed by atoms with E-state index in [1.54, 1.807) is 0 Å². The van der Waals surface area contributed by atoms with Gasteiger partial charge in [0.1, 0.15) is 5.82 Å². The van der Waals surface area contributed by atoms with Crippen molar-refractivity contribution in [3.63, 3.8) is 0 Å². The zero-order chi connectivity index (χ0) is 16.7. The number of anilines is 2. The van der Waals surface area contributed by atoms with E-state index in [4.69, 9.17) is 0 Å². The molecule has 0 saturated carbocycles. The Kier molecular flexibility index (Phi) is 6.35. The van der Waals surface area contributed by atoms with Gasteiger partial charge >= 0.3 is 0 Å². The molecule has 5 heteroatoms. The normalized spacial score (nSPS) is 10.8. The van der Waals surface area contributed by atoms with Crippen LogP contribution in [0.1, 0.15) is 17.7 Å². The van der Waals surface area contributed by atoms with Crippen LogP contribution in [0.25, 0.3) is 0 Å². The summed E-state index contributed by atoms with van der Waals surface area (Å²) < 4.78 is 0. The molecule has 5 nitrogen and oxygen atoms in total. The lowest BCUT2D eigenvalue weighted by Crippen LogP contribution is -2.20. The maximum atomic E-state index is 4.64. The Balaban J connectivity index is 1.98. The van der Waals surface area contributed by atoms with Gasteiger partial charge in [0.15, 0.2) is 0 Å². The minimum absolute atomic E-state index is 0.754. The van der Waals surface area contributed by atoms with Crippen molar-refractivity contribution in [2.45, 2.75) is 19.9 Å². The average Bonchev–Trinajstić information content (AvgIpc) is 2.52. The highest BCUT2D eigenvalue weighted by atomic mass is 15.2. The molecule has 2 rings (SSSR count). The van der Waals surface area contributed by atoms with Gasteiger partial charge in [0.05, 0.1) is 0 Å². The second kappa shape index (κ2) is 8.48. The van der Waals surface area contributed by atoms with E-state index in [0.29, 0.717) is 0 Å². The Morgan fingerprint density at radius 2 is 1.78 bits per heavy atom. The number of nitrogens with one attached hydrogen (secondary N) is 1.